The average Bonchev–Trinajstić information content (AvgIpc) is 2.32. The van der Waals surface area contributed by atoms with Crippen LogP contribution in [0.1, 0.15) is 6.42 Å². The Kier molecular flexibility index (Phi) is 2.89. The molecule has 0 aromatic carbocycles. The van der Waals surface area contributed by atoms with Crippen LogP contribution >= 0.6 is 0 Å². The Bertz CT molecular complexity index is 164. The molecule has 1 fully saturated rings. The standard InChI is InChI=1S/C8H14N2O/c1-2-3-10-6-8(11)4-7(10)5-9/h1,7-8,11H,3-6,9H2/t7-,8-/m1/s1. The normalized spacial score (nSPS) is 32.1. The molecule has 11 heavy (non-hydrogen) atoms. The van der Waals surface area contributed by atoms with Crippen molar-refractivity contribution in [3.05, 3.63) is 0 Å². The molecular weight excluding hydrogens is 140 g/mol. The summed E-state index contributed by atoms with van der Waals surface area (Å²) in [6, 6.07) is 0.279. The molecule has 1 heterocycles. The van der Waals surface area contributed by atoms with Gasteiger partial charge in [-0.3, -0.25) is 4.90 Å². The van der Waals surface area contributed by atoms with Crippen molar-refractivity contribution in [3.63, 3.8) is 0 Å². The molecule has 2 atom stereocenters. The molecule has 0 saturated carbocycles. The van der Waals surface area contributed by atoms with E-state index < -0.39 is 0 Å². The predicted octanol–water partition coefficient (Wildman–Crippen LogP) is -0.986. The van der Waals surface area contributed by atoms with Gasteiger partial charge in [0, 0.05) is 19.1 Å². The molecule has 3 heteroatoms. The van der Waals surface area contributed by atoms with Gasteiger partial charge in [0.25, 0.3) is 0 Å². The van der Waals surface area contributed by atoms with E-state index in [1.165, 1.54) is 0 Å². The second kappa shape index (κ2) is 3.72. The molecule has 0 spiro atoms. The Balaban J connectivity index is 2.45. The minimum atomic E-state index is -0.239. The van der Waals surface area contributed by atoms with Gasteiger partial charge in [-0.15, -0.1) is 6.42 Å². The number of β-amino-alcohol motifs (C(OH)–C–C–N with tert-alkyl or cyclic N) is 1. The number of hydrogen-bond donors (Lipinski definition) is 2. The molecule has 0 unspecified atom stereocenters. The van der Waals surface area contributed by atoms with Crippen LogP contribution in [-0.4, -0.2) is 41.8 Å². The highest BCUT2D eigenvalue weighted by atomic mass is 16.3. The van der Waals surface area contributed by atoms with E-state index in [4.69, 9.17) is 12.2 Å². The molecule has 3 nitrogen and oxygen atoms in total. The molecule has 0 aliphatic carbocycles. The Morgan fingerprint density at radius 2 is 2.45 bits per heavy atom. The zero-order valence-electron chi connectivity index (χ0n) is 6.53. The van der Waals surface area contributed by atoms with E-state index in [-0.39, 0.29) is 12.1 Å². The SMILES string of the molecule is C#CCN1C[C@H](O)C[C@@H]1CN. The number of aliphatic hydroxyl groups excluding tert-OH is 1. The lowest BCUT2D eigenvalue weighted by molar-refractivity contribution is 0.180. The lowest BCUT2D eigenvalue weighted by Crippen LogP contribution is -2.35. The lowest BCUT2D eigenvalue weighted by Gasteiger charge is -2.19. The highest BCUT2D eigenvalue weighted by Crippen LogP contribution is 2.15. The number of aliphatic hydroxyl groups is 1. The number of likely N-dealkylation sites (tertiary alicyclic amines) is 1. The molecule has 1 saturated heterocycles. The molecule has 0 aromatic heterocycles. The summed E-state index contributed by atoms with van der Waals surface area (Å²) in [6.07, 6.45) is 5.68. The molecule has 1 aliphatic heterocycles. The summed E-state index contributed by atoms with van der Waals surface area (Å²) < 4.78 is 0. The van der Waals surface area contributed by atoms with Gasteiger partial charge in [-0.05, 0) is 6.42 Å². The Hall–Kier alpha value is -0.560. The van der Waals surface area contributed by atoms with E-state index in [0.717, 1.165) is 6.42 Å². The lowest BCUT2D eigenvalue weighted by atomic mass is 10.2. The number of terminal acetylenes is 1. The van der Waals surface area contributed by atoms with Gasteiger partial charge in [-0.2, -0.15) is 0 Å². The predicted molar refractivity (Wildman–Crippen MR) is 43.9 cm³/mol. The van der Waals surface area contributed by atoms with Gasteiger partial charge in [0.15, 0.2) is 0 Å². The van der Waals surface area contributed by atoms with Crippen LogP contribution in [0.4, 0.5) is 0 Å². The maximum Gasteiger partial charge on any atom is 0.0683 e. The first-order chi connectivity index (χ1) is 5.27. The Morgan fingerprint density at radius 1 is 1.73 bits per heavy atom. The molecular formula is C8H14N2O. The van der Waals surface area contributed by atoms with E-state index in [1.54, 1.807) is 0 Å². The van der Waals surface area contributed by atoms with Crippen LogP contribution in [0.15, 0.2) is 0 Å². The third kappa shape index (κ3) is 1.93. The van der Waals surface area contributed by atoms with Crippen molar-refractivity contribution in [2.45, 2.75) is 18.6 Å². The molecule has 0 bridgehead atoms. The highest BCUT2D eigenvalue weighted by molar-refractivity contribution is 4.95. The number of hydrogen-bond acceptors (Lipinski definition) is 3. The van der Waals surface area contributed by atoms with Crippen LogP contribution in [0.25, 0.3) is 0 Å². The maximum absolute atomic E-state index is 9.26. The summed E-state index contributed by atoms with van der Waals surface area (Å²) in [5.74, 6) is 2.55. The molecule has 62 valence electrons. The maximum atomic E-state index is 9.26. The molecule has 0 radical (unpaired) electrons. The molecule has 0 aromatic rings. The molecule has 1 rings (SSSR count). The van der Waals surface area contributed by atoms with Gasteiger partial charge >= 0.3 is 0 Å². The second-order valence-corrected chi connectivity index (χ2v) is 2.91. The largest absolute Gasteiger partial charge is 0.392 e. The number of rotatable bonds is 2. The summed E-state index contributed by atoms with van der Waals surface area (Å²) in [5.41, 5.74) is 5.50. The van der Waals surface area contributed by atoms with Gasteiger partial charge in [-0.25, -0.2) is 0 Å². The van der Waals surface area contributed by atoms with Gasteiger partial charge in [0.05, 0.1) is 12.6 Å². The highest BCUT2D eigenvalue weighted by Gasteiger charge is 2.28. The van der Waals surface area contributed by atoms with E-state index >= 15 is 0 Å². The third-order valence-electron chi connectivity index (χ3n) is 2.07. The van der Waals surface area contributed by atoms with Crippen molar-refractivity contribution >= 4 is 0 Å². The monoisotopic (exact) mass is 154 g/mol. The van der Waals surface area contributed by atoms with E-state index in [2.05, 4.69) is 5.92 Å². The minimum Gasteiger partial charge on any atom is -0.392 e. The Morgan fingerprint density at radius 3 is 3.00 bits per heavy atom. The van der Waals surface area contributed by atoms with Crippen LogP contribution in [0, 0.1) is 12.3 Å². The van der Waals surface area contributed by atoms with Crippen molar-refractivity contribution in [2.24, 2.45) is 5.73 Å². The smallest absolute Gasteiger partial charge is 0.0683 e. The molecule has 0 amide bonds. The van der Waals surface area contributed by atoms with Gasteiger partial charge in [0.2, 0.25) is 0 Å². The fraction of sp³-hybridized carbons (Fsp3) is 0.750. The zero-order chi connectivity index (χ0) is 8.27. The van der Waals surface area contributed by atoms with Crippen molar-refractivity contribution in [1.82, 2.24) is 4.90 Å². The quantitative estimate of drug-likeness (QED) is 0.502. The third-order valence-corrected chi connectivity index (χ3v) is 2.07. The van der Waals surface area contributed by atoms with E-state index in [9.17, 15) is 5.11 Å². The fourth-order valence-corrected chi connectivity index (χ4v) is 1.51. The van der Waals surface area contributed by atoms with Crippen LogP contribution < -0.4 is 5.73 Å². The van der Waals surface area contributed by atoms with Gasteiger partial charge in [0.1, 0.15) is 0 Å². The van der Waals surface area contributed by atoms with E-state index in [0.29, 0.717) is 19.6 Å². The minimum absolute atomic E-state index is 0.239. The fourth-order valence-electron chi connectivity index (χ4n) is 1.51. The van der Waals surface area contributed by atoms with Gasteiger partial charge in [-0.1, -0.05) is 5.92 Å². The van der Waals surface area contributed by atoms with Crippen molar-refractivity contribution < 1.29 is 5.11 Å². The summed E-state index contributed by atoms with van der Waals surface area (Å²) >= 11 is 0. The van der Waals surface area contributed by atoms with E-state index in [1.807, 2.05) is 4.90 Å². The Labute approximate surface area is 67.2 Å². The van der Waals surface area contributed by atoms with Crippen LogP contribution in [0.3, 0.4) is 0 Å². The van der Waals surface area contributed by atoms with Crippen LogP contribution in [0.2, 0.25) is 0 Å². The summed E-state index contributed by atoms with van der Waals surface area (Å²) in [6.45, 7) is 1.85. The first-order valence-electron chi connectivity index (χ1n) is 3.83. The zero-order valence-corrected chi connectivity index (χ0v) is 6.53. The molecule has 1 aliphatic rings. The molecule has 3 N–H and O–H groups in total. The summed E-state index contributed by atoms with van der Waals surface area (Å²) in [7, 11) is 0. The summed E-state index contributed by atoms with van der Waals surface area (Å²) in [4.78, 5) is 2.05. The summed E-state index contributed by atoms with van der Waals surface area (Å²) in [5, 5.41) is 9.26. The van der Waals surface area contributed by atoms with Gasteiger partial charge < -0.3 is 10.8 Å². The average molecular weight is 154 g/mol. The first-order valence-corrected chi connectivity index (χ1v) is 3.83. The van der Waals surface area contributed by atoms with Crippen molar-refractivity contribution in [3.8, 4) is 12.3 Å². The topological polar surface area (TPSA) is 49.5 Å². The van der Waals surface area contributed by atoms with Crippen molar-refractivity contribution in [1.29, 1.82) is 0 Å². The second-order valence-electron chi connectivity index (χ2n) is 2.91. The number of nitrogens with zero attached hydrogens (tertiary/aromatic N) is 1. The van der Waals surface area contributed by atoms with Crippen molar-refractivity contribution in [2.75, 3.05) is 19.6 Å². The number of nitrogens with two attached hydrogens (primary N) is 1. The van der Waals surface area contributed by atoms with Crippen LogP contribution in [0.5, 0.6) is 0 Å². The van der Waals surface area contributed by atoms with Crippen LogP contribution in [-0.2, 0) is 0 Å². The first kappa shape index (κ1) is 8.54.